The molecule has 0 fully saturated rings. The molecule has 0 atom stereocenters. The lowest BCUT2D eigenvalue weighted by Crippen LogP contribution is -2.19. The Bertz CT molecular complexity index is 728. The average Bonchev–Trinajstić information content (AvgIpc) is 2.29. The van der Waals surface area contributed by atoms with Gasteiger partial charge in [0, 0.05) is 4.47 Å². The lowest BCUT2D eigenvalue weighted by molar-refractivity contribution is 0.578. The number of halogens is 1. The van der Waals surface area contributed by atoms with Gasteiger partial charge in [0.2, 0.25) is 20.0 Å². The van der Waals surface area contributed by atoms with E-state index in [9.17, 15) is 16.8 Å². The number of primary sulfonamides is 1. The van der Waals surface area contributed by atoms with E-state index in [0.29, 0.717) is 22.1 Å². The molecule has 0 saturated heterocycles. The zero-order chi connectivity index (χ0) is 16.4. The molecule has 0 aromatic heterocycles. The molecule has 0 unspecified atom stereocenters. The van der Waals surface area contributed by atoms with Crippen LogP contribution in [0, 0.1) is 12.8 Å². The van der Waals surface area contributed by atoms with Crippen LogP contribution in [0.25, 0.3) is 0 Å². The second-order valence-electron chi connectivity index (χ2n) is 5.25. The van der Waals surface area contributed by atoms with E-state index in [2.05, 4.69) is 20.7 Å². The summed E-state index contributed by atoms with van der Waals surface area (Å²) < 4.78 is 49.5. The molecule has 21 heavy (non-hydrogen) atoms. The molecule has 3 N–H and O–H groups in total. The average molecular weight is 399 g/mol. The van der Waals surface area contributed by atoms with Crippen LogP contribution >= 0.6 is 15.9 Å². The molecule has 1 aromatic carbocycles. The van der Waals surface area contributed by atoms with Crippen molar-refractivity contribution in [3.05, 3.63) is 22.2 Å². The van der Waals surface area contributed by atoms with Crippen molar-refractivity contribution in [1.29, 1.82) is 0 Å². The number of aryl methyl sites for hydroxylation is 1. The van der Waals surface area contributed by atoms with Gasteiger partial charge >= 0.3 is 0 Å². The first-order chi connectivity index (χ1) is 9.42. The van der Waals surface area contributed by atoms with Gasteiger partial charge in [-0.2, -0.15) is 0 Å². The van der Waals surface area contributed by atoms with Gasteiger partial charge in [-0.1, -0.05) is 13.8 Å². The number of benzene rings is 1. The van der Waals surface area contributed by atoms with Crippen molar-refractivity contribution in [2.45, 2.75) is 32.1 Å². The number of hydrogen-bond donors (Lipinski definition) is 2. The van der Waals surface area contributed by atoms with Crippen LogP contribution in [0.5, 0.6) is 0 Å². The molecule has 0 aliphatic heterocycles. The smallest absolute Gasteiger partial charge is 0.238 e. The number of rotatable bonds is 6. The van der Waals surface area contributed by atoms with Gasteiger partial charge < -0.3 is 0 Å². The molecule has 0 bridgehead atoms. The number of nitrogens with two attached hydrogens (primary N) is 1. The van der Waals surface area contributed by atoms with Gasteiger partial charge in [0.05, 0.1) is 16.3 Å². The first-order valence-electron chi connectivity index (χ1n) is 6.26. The van der Waals surface area contributed by atoms with Crippen LogP contribution in [0.4, 0.5) is 5.69 Å². The predicted molar refractivity (Wildman–Crippen MR) is 87.1 cm³/mol. The fraction of sp³-hybridized carbons (Fsp3) is 0.500. The van der Waals surface area contributed by atoms with E-state index in [0.717, 1.165) is 0 Å². The minimum atomic E-state index is -3.85. The second-order valence-corrected chi connectivity index (χ2v) is 9.47. The van der Waals surface area contributed by atoms with Gasteiger partial charge in [0.1, 0.15) is 0 Å². The summed E-state index contributed by atoms with van der Waals surface area (Å²) in [5, 5.41) is 5.10. The summed E-state index contributed by atoms with van der Waals surface area (Å²) in [5.74, 6) is 0.282. The Labute approximate surface area is 134 Å². The summed E-state index contributed by atoms with van der Waals surface area (Å²) in [7, 11) is -7.32. The van der Waals surface area contributed by atoms with Crippen molar-refractivity contribution in [2.24, 2.45) is 11.1 Å². The molecule has 6 nitrogen and oxygen atoms in total. The summed E-state index contributed by atoms with van der Waals surface area (Å²) in [6.45, 7) is 5.44. The Morgan fingerprint density at radius 3 is 2.29 bits per heavy atom. The van der Waals surface area contributed by atoms with Crippen LogP contribution in [-0.4, -0.2) is 22.6 Å². The third-order valence-electron chi connectivity index (χ3n) is 2.80. The van der Waals surface area contributed by atoms with Crippen LogP contribution in [-0.2, 0) is 20.0 Å². The maximum absolute atomic E-state index is 12.0. The van der Waals surface area contributed by atoms with E-state index in [-0.39, 0.29) is 16.6 Å². The van der Waals surface area contributed by atoms with Crippen molar-refractivity contribution >= 4 is 41.7 Å². The lowest BCUT2D eigenvalue weighted by Gasteiger charge is -2.13. The molecule has 0 aliphatic rings. The first-order valence-corrected chi connectivity index (χ1v) is 10.2. The van der Waals surface area contributed by atoms with Gasteiger partial charge in [0.15, 0.2) is 0 Å². The minimum Gasteiger partial charge on any atom is -0.282 e. The van der Waals surface area contributed by atoms with Crippen LogP contribution in [0.2, 0.25) is 0 Å². The quantitative estimate of drug-likeness (QED) is 0.765. The Kier molecular flexibility index (Phi) is 5.82. The lowest BCUT2D eigenvalue weighted by atomic mass is 10.2. The topological polar surface area (TPSA) is 106 Å². The van der Waals surface area contributed by atoms with Crippen LogP contribution in [0.15, 0.2) is 21.5 Å². The molecule has 9 heteroatoms. The van der Waals surface area contributed by atoms with Gasteiger partial charge in [-0.15, -0.1) is 0 Å². The maximum atomic E-state index is 12.0. The fourth-order valence-electron chi connectivity index (χ4n) is 1.66. The summed E-state index contributed by atoms with van der Waals surface area (Å²) in [5.41, 5.74) is 0.672. The van der Waals surface area contributed by atoms with Gasteiger partial charge in [0.25, 0.3) is 0 Å². The number of nitrogens with one attached hydrogen (secondary N) is 1. The summed E-state index contributed by atoms with van der Waals surface area (Å²) in [6.07, 6.45) is 0.543. The second kappa shape index (κ2) is 6.64. The highest BCUT2D eigenvalue weighted by Gasteiger charge is 2.18. The monoisotopic (exact) mass is 398 g/mol. The standard InChI is InChI=1S/C12H19BrN2O4S2/c1-8(2)4-5-20(16,17)15-11-6-9(3)12(7-10(11)13)21(14,18)19/h6-8,15H,4-5H2,1-3H3,(H2,14,18,19). The molecule has 0 radical (unpaired) electrons. The highest BCUT2D eigenvalue weighted by atomic mass is 79.9. The van der Waals surface area contributed by atoms with Crippen molar-refractivity contribution < 1.29 is 16.8 Å². The van der Waals surface area contributed by atoms with Gasteiger partial charge in [-0.25, -0.2) is 22.0 Å². The van der Waals surface area contributed by atoms with Gasteiger partial charge in [-0.05, 0) is 52.9 Å². The summed E-state index contributed by atoms with van der Waals surface area (Å²) in [4.78, 5) is -0.0421. The highest BCUT2D eigenvalue weighted by Crippen LogP contribution is 2.29. The van der Waals surface area contributed by atoms with Crippen molar-refractivity contribution in [3.8, 4) is 0 Å². The molecule has 0 spiro atoms. The van der Waals surface area contributed by atoms with Crippen molar-refractivity contribution in [1.82, 2.24) is 0 Å². The number of anilines is 1. The molecule has 120 valence electrons. The van der Waals surface area contributed by atoms with Crippen LogP contribution in [0.1, 0.15) is 25.8 Å². The van der Waals surface area contributed by atoms with Crippen molar-refractivity contribution in [3.63, 3.8) is 0 Å². The zero-order valence-corrected chi connectivity index (χ0v) is 15.3. The molecule has 0 heterocycles. The molecule has 1 aromatic rings. The van der Waals surface area contributed by atoms with E-state index >= 15 is 0 Å². The Hall–Kier alpha value is -0.640. The van der Waals surface area contributed by atoms with Crippen LogP contribution in [0.3, 0.4) is 0 Å². The van der Waals surface area contributed by atoms with Crippen molar-refractivity contribution in [2.75, 3.05) is 10.5 Å². The normalized spacial score (nSPS) is 12.7. The Morgan fingerprint density at radius 2 is 1.81 bits per heavy atom. The Morgan fingerprint density at radius 1 is 1.24 bits per heavy atom. The molecular weight excluding hydrogens is 380 g/mol. The van der Waals surface area contributed by atoms with E-state index in [1.807, 2.05) is 13.8 Å². The third-order valence-corrected chi connectivity index (χ3v) is 5.81. The zero-order valence-electron chi connectivity index (χ0n) is 12.1. The molecule has 1 rings (SSSR count). The van der Waals surface area contributed by atoms with E-state index in [4.69, 9.17) is 5.14 Å². The highest BCUT2D eigenvalue weighted by molar-refractivity contribution is 9.10. The number of hydrogen-bond acceptors (Lipinski definition) is 4. The van der Waals surface area contributed by atoms with Gasteiger partial charge in [-0.3, -0.25) is 4.72 Å². The molecule has 0 aliphatic carbocycles. The molecular formula is C12H19BrN2O4S2. The van der Waals surface area contributed by atoms with E-state index in [1.165, 1.54) is 12.1 Å². The maximum Gasteiger partial charge on any atom is 0.238 e. The summed E-state index contributed by atoms with van der Waals surface area (Å²) in [6, 6.07) is 2.74. The molecule has 0 saturated carbocycles. The minimum absolute atomic E-state index is 0.00704. The van der Waals surface area contributed by atoms with Crippen LogP contribution < -0.4 is 9.86 Å². The largest absolute Gasteiger partial charge is 0.282 e. The first kappa shape index (κ1) is 18.4. The summed E-state index contributed by atoms with van der Waals surface area (Å²) >= 11 is 3.16. The predicted octanol–water partition coefficient (Wildman–Crippen LogP) is 2.19. The number of sulfonamides is 2. The third kappa shape index (κ3) is 5.57. The Balaban J connectivity index is 3.09. The van der Waals surface area contributed by atoms with E-state index in [1.54, 1.807) is 6.92 Å². The fourth-order valence-corrected chi connectivity index (χ4v) is 4.56. The molecule has 0 amide bonds. The van der Waals surface area contributed by atoms with E-state index < -0.39 is 20.0 Å². The SMILES string of the molecule is Cc1cc(NS(=O)(=O)CCC(C)C)c(Br)cc1S(N)(=O)=O.